The van der Waals surface area contributed by atoms with Crippen molar-refractivity contribution in [1.29, 1.82) is 0 Å². The number of aromatic nitrogens is 3. The highest BCUT2D eigenvalue weighted by molar-refractivity contribution is 14.1. The maximum absolute atomic E-state index is 12.5. The van der Waals surface area contributed by atoms with Gasteiger partial charge in [0.05, 0.1) is 37.6 Å². The Morgan fingerprint density at radius 3 is 2.81 bits per heavy atom. The number of nitrogens with zero attached hydrogens (tertiary/aromatic N) is 3. The second-order valence-electron chi connectivity index (χ2n) is 6.79. The zero-order valence-electron chi connectivity index (χ0n) is 15.0. The van der Waals surface area contributed by atoms with Crippen LogP contribution in [0.4, 0.5) is 0 Å². The summed E-state index contributed by atoms with van der Waals surface area (Å²) in [5.41, 5.74) is 1.12. The van der Waals surface area contributed by atoms with Gasteiger partial charge in [0.1, 0.15) is 11.0 Å². The zero-order valence-corrected chi connectivity index (χ0v) is 18.7. The molecule has 0 spiro atoms. The van der Waals surface area contributed by atoms with Gasteiger partial charge in [-0.15, -0.1) is 11.3 Å². The number of nitrogens with one attached hydrogen (secondary N) is 1. The van der Waals surface area contributed by atoms with E-state index in [2.05, 4.69) is 32.6 Å². The fourth-order valence-electron chi connectivity index (χ4n) is 2.72. The van der Waals surface area contributed by atoms with Crippen LogP contribution < -0.4 is 5.56 Å². The molecule has 1 amide bonds. The number of halogens is 2. The number of hydrogen-bond acceptors (Lipinski definition) is 5. The van der Waals surface area contributed by atoms with Gasteiger partial charge in [-0.25, -0.2) is 10.0 Å². The van der Waals surface area contributed by atoms with Crippen molar-refractivity contribution < 1.29 is 9.63 Å². The van der Waals surface area contributed by atoms with Gasteiger partial charge >= 0.3 is 0 Å². The number of thiophene rings is 1. The molecule has 7 nitrogen and oxygen atoms in total. The van der Waals surface area contributed by atoms with Crippen LogP contribution in [0.15, 0.2) is 22.6 Å². The lowest BCUT2D eigenvalue weighted by Gasteiger charge is -2.27. The minimum Gasteiger partial charge on any atom is -0.331 e. The fraction of sp³-hybridized carbons (Fsp3) is 0.353. The zero-order chi connectivity index (χ0) is 19.8. The number of carbonyl (C=O) groups is 1. The molecular weight excluding hydrogens is 503 g/mol. The molecule has 0 aliphatic heterocycles. The lowest BCUT2D eigenvalue weighted by atomic mass is 10.2. The summed E-state index contributed by atoms with van der Waals surface area (Å²) >= 11 is 10.0. The van der Waals surface area contributed by atoms with Crippen LogP contribution in [0.3, 0.4) is 0 Å². The molecule has 10 heteroatoms. The molecule has 0 atom stereocenters. The van der Waals surface area contributed by atoms with Crippen molar-refractivity contribution in [3.05, 3.63) is 36.7 Å². The fourth-order valence-corrected chi connectivity index (χ4v) is 5.07. The highest BCUT2D eigenvalue weighted by Crippen LogP contribution is 2.39. The van der Waals surface area contributed by atoms with Crippen LogP contribution in [0.25, 0.3) is 21.6 Å². The molecule has 3 rings (SSSR count). The summed E-state index contributed by atoms with van der Waals surface area (Å²) in [5, 5.41) is 3.74. The summed E-state index contributed by atoms with van der Waals surface area (Å²) in [5.74, 6) is 0. The maximum atomic E-state index is 12.5. The van der Waals surface area contributed by atoms with E-state index in [-0.39, 0.29) is 12.1 Å². The Hall–Kier alpha value is -1.43. The third-order valence-corrected chi connectivity index (χ3v) is 6.04. The van der Waals surface area contributed by atoms with Crippen LogP contribution in [0.1, 0.15) is 20.8 Å². The van der Waals surface area contributed by atoms with Gasteiger partial charge in [-0.1, -0.05) is 11.6 Å². The van der Waals surface area contributed by atoms with Crippen molar-refractivity contribution in [1.82, 2.24) is 19.6 Å². The van der Waals surface area contributed by atoms with Crippen molar-refractivity contribution >= 4 is 63.0 Å². The smallest absolute Gasteiger partial charge is 0.275 e. The summed E-state index contributed by atoms with van der Waals surface area (Å²) < 4.78 is 2.69. The number of rotatable bonds is 6. The van der Waals surface area contributed by atoms with Gasteiger partial charge in [0.15, 0.2) is 0 Å². The number of fused-ring (bicyclic) bond motifs is 1. The van der Waals surface area contributed by atoms with Gasteiger partial charge in [0, 0.05) is 6.54 Å². The van der Waals surface area contributed by atoms with E-state index < -0.39 is 5.60 Å². The van der Waals surface area contributed by atoms with Crippen LogP contribution in [0.5, 0.6) is 0 Å². The lowest BCUT2D eigenvalue weighted by molar-refractivity contribution is -0.216. The van der Waals surface area contributed by atoms with E-state index in [4.69, 9.17) is 16.4 Å². The Bertz CT molecular complexity index is 1040. The summed E-state index contributed by atoms with van der Waals surface area (Å²) in [7, 11) is 0. The topological polar surface area (TPSA) is 80.2 Å². The monoisotopic (exact) mass is 520 g/mol. The maximum Gasteiger partial charge on any atom is 0.275 e. The molecule has 0 saturated heterocycles. The Labute approximate surface area is 178 Å². The van der Waals surface area contributed by atoms with Gasteiger partial charge in [0.2, 0.25) is 6.41 Å². The van der Waals surface area contributed by atoms with E-state index in [0.29, 0.717) is 29.0 Å². The Balaban J connectivity index is 2.09. The number of hydroxylamine groups is 2. The molecule has 0 bridgehead atoms. The summed E-state index contributed by atoms with van der Waals surface area (Å²) in [6.45, 7) is 6.21. The first-order valence-electron chi connectivity index (χ1n) is 8.12. The van der Waals surface area contributed by atoms with E-state index >= 15 is 0 Å². The third-order valence-electron chi connectivity index (χ3n) is 3.67. The first-order valence-corrected chi connectivity index (χ1v) is 10.5. The first kappa shape index (κ1) is 20.3. The molecule has 0 aromatic carbocycles. The number of H-pyrrole nitrogens is 1. The molecule has 3 heterocycles. The van der Waals surface area contributed by atoms with E-state index in [1.807, 2.05) is 36.8 Å². The van der Waals surface area contributed by atoms with E-state index in [1.165, 1.54) is 22.7 Å². The Morgan fingerprint density at radius 1 is 1.48 bits per heavy atom. The molecule has 27 heavy (non-hydrogen) atoms. The molecule has 3 aromatic heterocycles. The SMILES string of the molecule is CC(C)(C)ON(C=O)CCn1c(-c2sccc2Cl)c(I)c2nc[nH]c(=O)c21. The highest BCUT2D eigenvalue weighted by atomic mass is 127. The van der Waals surface area contributed by atoms with Gasteiger partial charge in [0.25, 0.3) is 5.56 Å². The third kappa shape index (κ3) is 4.20. The summed E-state index contributed by atoms with van der Waals surface area (Å²) in [4.78, 5) is 37.3. The van der Waals surface area contributed by atoms with Gasteiger partial charge in [-0.05, 0) is 54.8 Å². The van der Waals surface area contributed by atoms with E-state index in [1.54, 1.807) is 0 Å². The molecule has 1 N–H and O–H groups in total. The van der Waals surface area contributed by atoms with Crippen LogP contribution in [-0.2, 0) is 16.2 Å². The lowest BCUT2D eigenvalue weighted by Crippen LogP contribution is -2.35. The van der Waals surface area contributed by atoms with Crippen LogP contribution >= 0.6 is 45.5 Å². The van der Waals surface area contributed by atoms with Gasteiger partial charge < -0.3 is 9.55 Å². The van der Waals surface area contributed by atoms with Crippen molar-refractivity contribution in [2.24, 2.45) is 0 Å². The molecule has 0 aliphatic rings. The average Bonchev–Trinajstić information content (AvgIpc) is 3.12. The van der Waals surface area contributed by atoms with Crippen molar-refractivity contribution in [3.8, 4) is 10.6 Å². The van der Waals surface area contributed by atoms with Gasteiger partial charge in [-0.3, -0.25) is 14.4 Å². The van der Waals surface area contributed by atoms with Crippen LogP contribution in [0.2, 0.25) is 5.02 Å². The number of carbonyl (C=O) groups excluding carboxylic acids is 1. The minimum atomic E-state index is -0.507. The predicted octanol–water partition coefficient (Wildman–Crippen LogP) is 3.90. The minimum absolute atomic E-state index is 0.244. The molecule has 0 saturated carbocycles. The molecular formula is C17H18ClIN4O3S. The molecule has 3 aromatic rings. The van der Waals surface area contributed by atoms with Crippen molar-refractivity contribution in [2.45, 2.75) is 32.9 Å². The quantitative estimate of drug-likeness (QED) is 0.304. The van der Waals surface area contributed by atoms with E-state index in [9.17, 15) is 9.59 Å². The molecule has 144 valence electrons. The molecule has 0 fully saturated rings. The van der Waals surface area contributed by atoms with Crippen molar-refractivity contribution in [3.63, 3.8) is 0 Å². The molecule has 0 aliphatic carbocycles. The second-order valence-corrected chi connectivity index (χ2v) is 9.19. The number of hydrogen-bond donors (Lipinski definition) is 1. The Morgan fingerprint density at radius 2 is 2.22 bits per heavy atom. The summed E-state index contributed by atoms with van der Waals surface area (Å²) in [6.07, 6.45) is 2.03. The van der Waals surface area contributed by atoms with Crippen LogP contribution in [-0.4, -0.2) is 38.2 Å². The summed E-state index contributed by atoms with van der Waals surface area (Å²) in [6, 6.07) is 1.82. The highest BCUT2D eigenvalue weighted by Gasteiger charge is 2.24. The largest absolute Gasteiger partial charge is 0.331 e. The van der Waals surface area contributed by atoms with E-state index in [0.717, 1.165) is 14.1 Å². The number of amides is 1. The second kappa shape index (κ2) is 7.90. The standard InChI is InChI=1S/C17H18ClIN4O3S/c1-17(2,3)26-22(9-24)5-6-23-13(15-10(18)4-7-27-15)11(19)12-14(23)16(25)21-8-20-12/h4,7-9H,5-6H2,1-3H3,(H,20,21,25). The number of aromatic amines is 1. The first-order chi connectivity index (χ1) is 12.7. The van der Waals surface area contributed by atoms with Crippen LogP contribution in [0, 0.1) is 3.57 Å². The average molecular weight is 521 g/mol. The predicted molar refractivity (Wildman–Crippen MR) is 115 cm³/mol. The Kier molecular flexibility index (Phi) is 5.94. The van der Waals surface area contributed by atoms with Crippen molar-refractivity contribution in [2.75, 3.05) is 6.54 Å². The van der Waals surface area contributed by atoms with Gasteiger partial charge in [-0.2, -0.15) is 0 Å². The normalized spacial score (nSPS) is 11.9. The molecule has 0 unspecified atom stereocenters. The molecule has 0 radical (unpaired) electrons.